The summed E-state index contributed by atoms with van der Waals surface area (Å²) in [6.07, 6.45) is 7.96. The number of rotatable bonds is 2. The summed E-state index contributed by atoms with van der Waals surface area (Å²) in [5.41, 5.74) is 2.94. The van der Waals surface area contributed by atoms with E-state index in [4.69, 9.17) is 0 Å². The van der Waals surface area contributed by atoms with E-state index in [-0.39, 0.29) is 0 Å². The van der Waals surface area contributed by atoms with Crippen LogP contribution >= 0.6 is 0 Å². The Balaban J connectivity index is 2.16. The lowest BCUT2D eigenvalue weighted by Gasteiger charge is -2.02. The van der Waals surface area contributed by atoms with E-state index < -0.39 is 0 Å². The van der Waals surface area contributed by atoms with E-state index in [1.54, 1.807) is 0 Å². The first kappa shape index (κ1) is 10.6. The lowest BCUT2D eigenvalue weighted by atomic mass is 10.1. The lowest BCUT2D eigenvalue weighted by Crippen LogP contribution is -2.00. The Morgan fingerprint density at radius 1 is 0.875 bits per heavy atom. The maximum Gasteiger partial charge on any atom is 0.0638 e. The van der Waals surface area contributed by atoms with Gasteiger partial charge >= 0.3 is 0 Å². The van der Waals surface area contributed by atoms with Crippen LogP contribution in [0.5, 0.6) is 0 Å². The molecule has 0 unspecified atom stereocenters. The zero-order valence-corrected chi connectivity index (χ0v) is 9.30. The van der Waals surface area contributed by atoms with Crippen molar-refractivity contribution in [1.29, 1.82) is 0 Å². The van der Waals surface area contributed by atoms with Gasteiger partial charge in [-0.15, -0.1) is 0 Å². The molecule has 0 radical (unpaired) electrons. The average Bonchev–Trinajstić information content (AvgIpc) is 2.33. The minimum Gasteiger partial charge on any atom is -0.286 e. The van der Waals surface area contributed by atoms with Gasteiger partial charge in [0.05, 0.1) is 17.1 Å². The quantitative estimate of drug-likeness (QED) is 0.669. The minimum absolute atomic E-state index is 0.815. The molecule has 0 aromatic heterocycles. The van der Waals surface area contributed by atoms with Gasteiger partial charge in [-0.3, -0.25) is 4.99 Å². The van der Waals surface area contributed by atoms with Crippen molar-refractivity contribution < 1.29 is 0 Å². The number of hydrogen-bond donors (Lipinski definition) is 0. The third-order valence-electron chi connectivity index (χ3n) is 2.20. The molecule has 0 bridgehead atoms. The third-order valence-corrected chi connectivity index (χ3v) is 2.20. The topological polar surface area (TPSA) is 24.7 Å². The van der Waals surface area contributed by atoms with Crippen LogP contribution in [-0.2, 0) is 0 Å². The van der Waals surface area contributed by atoms with Crippen LogP contribution in [0, 0.1) is 0 Å². The summed E-state index contributed by atoms with van der Waals surface area (Å²) >= 11 is 0. The van der Waals surface area contributed by atoms with Crippen LogP contribution in [0.2, 0.25) is 0 Å². The first-order chi connectivity index (χ1) is 7.88. The molecule has 0 heterocycles. The largest absolute Gasteiger partial charge is 0.286 e. The number of nitrogens with zero attached hydrogens (tertiary/aromatic N) is 2. The Kier molecular flexibility index (Phi) is 3.44. The molecule has 0 spiro atoms. The predicted molar refractivity (Wildman–Crippen MR) is 69.8 cm³/mol. The Labute approximate surface area is 95.8 Å². The number of allylic oxidation sites excluding steroid dienone is 4. The molecule has 0 amide bonds. The van der Waals surface area contributed by atoms with Gasteiger partial charge < -0.3 is 0 Å². The molecular formula is C14H14N2. The molecule has 0 atom stereocenters. The molecule has 2 nitrogen and oxygen atoms in total. The van der Waals surface area contributed by atoms with Gasteiger partial charge in [0, 0.05) is 6.54 Å². The Morgan fingerprint density at radius 3 is 2.12 bits per heavy atom. The summed E-state index contributed by atoms with van der Waals surface area (Å²) in [7, 11) is 0. The fourth-order valence-electron chi connectivity index (χ4n) is 1.47. The zero-order chi connectivity index (χ0) is 11.2. The van der Waals surface area contributed by atoms with Crippen LogP contribution in [0.1, 0.15) is 6.92 Å². The van der Waals surface area contributed by atoms with Crippen molar-refractivity contribution in [2.75, 3.05) is 6.54 Å². The summed E-state index contributed by atoms with van der Waals surface area (Å²) in [6.45, 7) is 2.84. The smallest absolute Gasteiger partial charge is 0.0638 e. The van der Waals surface area contributed by atoms with E-state index in [2.05, 4.69) is 9.98 Å². The van der Waals surface area contributed by atoms with Crippen LogP contribution in [-0.4, -0.2) is 18.0 Å². The van der Waals surface area contributed by atoms with Crippen molar-refractivity contribution in [2.24, 2.45) is 9.98 Å². The molecule has 1 aliphatic rings. The van der Waals surface area contributed by atoms with Crippen molar-refractivity contribution >= 4 is 17.1 Å². The van der Waals surface area contributed by atoms with Gasteiger partial charge in [0.15, 0.2) is 0 Å². The second-order valence-corrected chi connectivity index (χ2v) is 3.44. The van der Waals surface area contributed by atoms with E-state index in [0.717, 1.165) is 23.7 Å². The molecule has 0 saturated heterocycles. The third kappa shape index (κ3) is 2.76. The van der Waals surface area contributed by atoms with Gasteiger partial charge in [-0.1, -0.05) is 18.2 Å². The van der Waals surface area contributed by atoms with Crippen LogP contribution in [0.15, 0.2) is 64.6 Å². The normalized spacial score (nSPS) is 14.1. The molecule has 80 valence electrons. The monoisotopic (exact) mass is 210 g/mol. The summed E-state index contributed by atoms with van der Waals surface area (Å²) in [5.74, 6) is 0. The van der Waals surface area contributed by atoms with E-state index in [9.17, 15) is 0 Å². The highest BCUT2D eigenvalue weighted by Crippen LogP contribution is 2.11. The molecular weight excluding hydrogens is 196 g/mol. The number of aliphatic imine (C=N–C) groups is 2. The summed E-state index contributed by atoms with van der Waals surface area (Å²) in [5, 5.41) is 0. The molecule has 0 fully saturated rings. The van der Waals surface area contributed by atoms with E-state index >= 15 is 0 Å². The Hall–Kier alpha value is -1.96. The number of para-hydroxylation sites is 1. The summed E-state index contributed by atoms with van der Waals surface area (Å²) in [6, 6.07) is 9.94. The first-order valence-corrected chi connectivity index (χ1v) is 5.43. The first-order valence-electron chi connectivity index (χ1n) is 5.43. The van der Waals surface area contributed by atoms with Gasteiger partial charge in [-0.2, -0.15) is 0 Å². The van der Waals surface area contributed by atoms with E-state index in [0.29, 0.717) is 0 Å². The highest BCUT2D eigenvalue weighted by molar-refractivity contribution is 6.18. The second kappa shape index (κ2) is 5.21. The Bertz CT molecular complexity index is 447. The van der Waals surface area contributed by atoms with Crippen molar-refractivity contribution in [1.82, 2.24) is 0 Å². The molecule has 0 saturated carbocycles. The highest BCUT2D eigenvalue weighted by Gasteiger charge is 1.98. The summed E-state index contributed by atoms with van der Waals surface area (Å²) in [4.78, 5) is 8.81. The van der Waals surface area contributed by atoms with Crippen LogP contribution in [0.25, 0.3) is 0 Å². The lowest BCUT2D eigenvalue weighted by molar-refractivity contribution is 1.13. The zero-order valence-electron chi connectivity index (χ0n) is 9.30. The van der Waals surface area contributed by atoms with Crippen molar-refractivity contribution in [3.63, 3.8) is 0 Å². The van der Waals surface area contributed by atoms with Crippen molar-refractivity contribution in [3.05, 3.63) is 54.6 Å². The van der Waals surface area contributed by atoms with Gasteiger partial charge in [-0.05, 0) is 43.4 Å². The van der Waals surface area contributed by atoms with Gasteiger partial charge in [0.25, 0.3) is 0 Å². The molecule has 1 aliphatic carbocycles. The molecule has 2 heteroatoms. The predicted octanol–water partition coefficient (Wildman–Crippen LogP) is 3.35. The maximum atomic E-state index is 4.50. The van der Waals surface area contributed by atoms with Crippen LogP contribution in [0.3, 0.4) is 0 Å². The highest BCUT2D eigenvalue weighted by atomic mass is 14.7. The molecule has 0 N–H and O–H groups in total. The fraction of sp³-hybridized carbons (Fsp3) is 0.143. The molecule has 16 heavy (non-hydrogen) atoms. The standard InChI is InChI=1S/C14H14N2/c1-2-15-12-8-10-14(11-9-12)16-13-6-4-3-5-7-13/h3-11H,2H2,1H3. The van der Waals surface area contributed by atoms with Crippen LogP contribution < -0.4 is 0 Å². The molecule has 2 rings (SSSR count). The van der Waals surface area contributed by atoms with Gasteiger partial charge in [0.2, 0.25) is 0 Å². The fourth-order valence-corrected chi connectivity index (χ4v) is 1.47. The SMILES string of the molecule is CCN=C1C=CC(=Nc2ccccc2)C=C1. The molecule has 1 aromatic rings. The molecule has 1 aromatic carbocycles. The summed E-state index contributed by atoms with van der Waals surface area (Å²) < 4.78 is 0. The number of hydrogen-bond acceptors (Lipinski definition) is 2. The maximum absolute atomic E-state index is 4.50. The second-order valence-electron chi connectivity index (χ2n) is 3.44. The Morgan fingerprint density at radius 2 is 1.50 bits per heavy atom. The van der Waals surface area contributed by atoms with E-state index in [1.807, 2.05) is 61.6 Å². The van der Waals surface area contributed by atoms with Crippen molar-refractivity contribution in [2.45, 2.75) is 6.92 Å². The van der Waals surface area contributed by atoms with Crippen molar-refractivity contribution in [3.8, 4) is 0 Å². The number of benzene rings is 1. The van der Waals surface area contributed by atoms with Crippen LogP contribution in [0.4, 0.5) is 5.69 Å². The van der Waals surface area contributed by atoms with Gasteiger partial charge in [-0.25, -0.2) is 4.99 Å². The van der Waals surface area contributed by atoms with Gasteiger partial charge in [0.1, 0.15) is 0 Å². The van der Waals surface area contributed by atoms with E-state index in [1.165, 1.54) is 0 Å². The minimum atomic E-state index is 0.815. The average molecular weight is 210 g/mol. The molecule has 0 aliphatic heterocycles.